The molecule has 0 spiro atoms. The summed E-state index contributed by atoms with van der Waals surface area (Å²) in [6, 6.07) is 8.43. The van der Waals surface area contributed by atoms with E-state index in [4.69, 9.17) is 4.42 Å². The summed E-state index contributed by atoms with van der Waals surface area (Å²) in [5.41, 5.74) is 1.13. The summed E-state index contributed by atoms with van der Waals surface area (Å²) >= 11 is 0. The SMILES string of the molecule is Fc1ccc2oc3ccc(F)cc3c2c1. The Kier molecular flexibility index (Phi) is 1.57. The summed E-state index contributed by atoms with van der Waals surface area (Å²) < 4.78 is 31.4. The highest BCUT2D eigenvalue weighted by molar-refractivity contribution is 6.04. The van der Waals surface area contributed by atoms with Gasteiger partial charge in [-0.25, -0.2) is 8.78 Å². The van der Waals surface area contributed by atoms with Gasteiger partial charge in [0.1, 0.15) is 22.8 Å². The monoisotopic (exact) mass is 204 g/mol. The molecule has 0 atom stereocenters. The topological polar surface area (TPSA) is 13.1 Å². The summed E-state index contributed by atoms with van der Waals surface area (Å²) in [6.07, 6.45) is 0. The Bertz CT molecular complexity index is 599. The third-order valence-electron chi connectivity index (χ3n) is 2.39. The second-order valence-corrected chi connectivity index (χ2v) is 3.38. The van der Waals surface area contributed by atoms with Crippen LogP contribution in [0.25, 0.3) is 21.9 Å². The number of hydrogen-bond donors (Lipinski definition) is 0. The normalized spacial score (nSPS) is 11.3. The van der Waals surface area contributed by atoms with E-state index in [1.54, 1.807) is 12.1 Å². The number of fused-ring (bicyclic) bond motifs is 3. The fourth-order valence-corrected chi connectivity index (χ4v) is 1.72. The molecule has 2 aromatic carbocycles. The molecule has 1 aromatic heterocycles. The van der Waals surface area contributed by atoms with Gasteiger partial charge in [-0.15, -0.1) is 0 Å². The van der Waals surface area contributed by atoms with Crippen molar-refractivity contribution in [2.75, 3.05) is 0 Å². The quantitative estimate of drug-likeness (QED) is 0.541. The molecule has 0 aliphatic heterocycles. The Balaban J connectivity index is 2.55. The molecule has 0 saturated carbocycles. The first kappa shape index (κ1) is 8.41. The zero-order valence-electron chi connectivity index (χ0n) is 7.63. The van der Waals surface area contributed by atoms with Gasteiger partial charge in [-0.1, -0.05) is 0 Å². The fraction of sp³-hybridized carbons (Fsp3) is 0. The van der Waals surface area contributed by atoms with Crippen LogP contribution in [0.15, 0.2) is 40.8 Å². The Morgan fingerprint density at radius 2 is 1.20 bits per heavy atom. The van der Waals surface area contributed by atoms with Gasteiger partial charge in [-0.2, -0.15) is 0 Å². The summed E-state index contributed by atoms with van der Waals surface area (Å²) in [4.78, 5) is 0. The summed E-state index contributed by atoms with van der Waals surface area (Å²) in [7, 11) is 0. The van der Waals surface area contributed by atoms with Gasteiger partial charge in [0, 0.05) is 10.8 Å². The van der Waals surface area contributed by atoms with Crippen molar-refractivity contribution in [3.63, 3.8) is 0 Å². The van der Waals surface area contributed by atoms with E-state index >= 15 is 0 Å². The van der Waals surface area contributed by atoms with Gasteiger partial charge in [-0.05, 0) is 36.4 Å². The largest absolute Gasteiger partial charge is 0.456 e. The predicted octanol–water partition coefficient (Wildman–Crippen LogP) is 3.86. The van der Waals surface area contributed by atoms with Crippen LogP contribution in [-0.4, -0.2) is 0 Å². The van der Waals surface area contributed by atoms with Crippen molar-refractivity contribution >= 4 is 21.9 Å². The second-order valence-electron chi connectivity index (χ2n) is 3.38. The van der Waals surface area contributed by atoms with E-state index < -0.39 is 0 Å². The minimum absolute atomic E-state index is 0.352. The molecule has 0 bridgehead atoms. The Hall–Kier alpha value is -1.90. The first-order valence-electron chi connectivity index (χ1n) is 4.51. The molecule has 74 valence electrons. The minimum Gasteiger partial charge on any atom is -0.456 e. The predicted molar refractivity (Wildman–Crippen MR) is 53.6 cm³/mol. The first-order chi connectivity index (χ1) is 7.24. The van der Waals surface area contributed by atoms with Gasteiger partial charge in [0.25, 0.3) is 0 Å². The zero-order chi connectivity index (χ0) is 10.4. The van der Waals surface area contributed by atoms with Crippen LogP contribution in [0.3, 0.4) is 0 Å². The molecule has 3 aromatic rings. The molecule has 0 amide bonds. The third-order valence-corrected chi connectivity index (χ3v) is 2.39. The van der Waals surface area contributed by atoms with Crippen molar-refractivity contribution in [3.05, 3.63) is 48.0 Å². The lowest BCUT2D eigenvalue weighted by Gasteiger charge is -1.89. The smallest absolute Gasteiger partial charge is 0.135 e. The van der Waals surface area contributed by atoms with Gasteiger partial charge in [-0.3, -0.25) is 0 Å². The van der Waals surface area contributed by atoms with E-state index in [0.717, 1.165) is 0 Å². The van der Waals surface area contributed by atoms with Gasteiger partial charge in [0.15, 0.2) is 0 Å². The zero-order valence-corrected chi connectivity index (χ0v) is 7.63. The van der Waals surface area contributed by atoms with Crippen molar-refractivity contribution in [1.29, 1.82) is 0 Å². The lowest BCUT2D eigenvalue weighted by atomic mass is 10.1. The molecule has 0 aliphatic rings. The number of hydrogen-bond acceptors (Lipinski definition) is 1. The molecule has 0 saturated heterocycles. The second kappa shape index (κ2) is 2.79. The lowest BCUT2D eigenvalue weighted by molar-refractivity contribution is 0.624. The standard InChI is InChI=1S/C12H6F2O/c13-7-1-3-11-9(5-7)10-6-8(14)2-4-12(10)15-11/h1-6H. The minimum atomic E-state index is -0.352. The first-order valence-corrected chi connectivity index (χ1v) is 4.51. The average molecular weight is 204 g/mol. The van der Waals surface area contributed by atoms with Crippen LogP contribution in [0, 0.1) is 11.6 Å². The summed E-state index contributed by atoms with van der Waals surface area (Å²) in [5, 5.41) is 1.20. The highest BCUT2D eigenvalue weighted by Crippen LogP contribution is 2.29. The Morgan fingerprint density at radius 3 is 1.67 bits per heavy atom. The van der Waals surface area contributed by atoms with Crippen molar-refractivity contribution in [3.8, 4) is 0 Å². The van der Waals surface area contributed by atoms with Gasteiger partial charge >= 0.3 is 0 Å². The molecule has 0 fully saturated rings. The maximum Gasteiger partial charge on any atom is 0.135 e. The molecular weight excluding hydrogens is 198 g/mol. The molecule has 1 heterocycles. The van der Waals surface area contributed by atoms with E-state index in [1.807, 2.05) is 0 Å². The maximum absolute atomic E-state index is 13.0. The molecule has 0 N–H and O–H groups in total. The average Bonchev–Trinajstić information content (AvgIpc) is 2.56. The number of furan rings is 1. The van der Waals surface area contributed by atoms with Crippen LogP contribution < -0.4 is 0 Å². The fourth-order valence-electron chi connectivity index (χ4n) is 1.72. The molecular formula is C12H6F2O. The van der Waals surface area contributed by atoms with Crippen molar-refractivity contribution in [2.24, 2.45) is 0 Å². The van der Waals surface area contributed by atoms with Crippen LogP contribution in [0.5, 0.6) is 0 Å². The molecule has 1 nitrogen and oxygen atoms in total. The van der Waals surface area contributed by atoms with E-state index in [1.165, 1.54) is 24.3 Å². The maximum atomic E-state index is 13.0. The lowest BCUT2D eigenvalue weighted by Crippen LogP contribution is -1.73. The molecule has 0 aliphatic carbocycles. The Labute approximate surface area is 83.9 Å². The molecule has 15 heavy (non-hydrogen) atoms. The van der Waals surface area contributed by atoms with Crippen LogP contribution in [0.2, 0.25) is 0 Å². The van der Waals surface area contributed by atoms with Gasteiger partial charge in [0.2, 0.25) is 0 Å². The van der Waals surface area contributed by atoms with Crippen molar-refractivity contribution < 1.29 is 13.2 Å². The van der Waals surface area contributed by atoms with E-state index in [-0.39, 0.29) is 11.6 Å². The highest BCUT2D eigenvalue weighted by atomic mass is 19.1. The number of rotatable bonds is 0. The van der Waals surface area contributed by atoms with Crippen molar-refractivity contribution in [2.45, 2.75) is 0 Å². The van der Waals surface area contributed by atoms with Crippen molar-refractivity contribution in [1.82, 2.24) is 0 Å². The van der Waals surface area contributed by atoms with Gasteiger partial charge in [0.05, 0.1) is 0 Å². The molecule has 0 unspecified atom stereocenters. The molecule has 3 heteroatoms. The third kappa shape index (κ3) is 1.20. The summed E-state index contributed by atoms with van der Waals surface area (Å²) in [6.45, 7) is 0. The number of halogens is 2. The Morgan fingerprint density at radius 1 is 0.733 bits per heavy atom. The van der Waals surface area contributed by atoms with E-state index in [9.17, 15) is 8.78 Å². The van der Waals surface area contributed by atoms with Crippen LogP contribution in [0.4, 0.5) is 8.78 Å². The van der Waals surface area contributed by atoms with Crippen LogP contribution >= 0.6 is 0 Å². The molecule has 0 radical (unpaired) electrons. The van der Waals surface area contributed by atoms with Crippen LogP contribution in [-0.2, 0) is 0 Å². The molecule has 3 rings (SSSR count). The van der Waals surface area contributed by atoms with Crippen LogP contribution in [0.1, 0.15) is 0 Å². The highest BCUT2D eigenvalue weighted by Gasteiger charge is 2.08. The van der Waals surface area contributed by atoms with E-state index in [0.29, 0.717) is 21.9 Å². The summed E-state index contributed by atoms with van der Waals surface area (Å²) in [5.74, 6) is -0.705. The number of benzene rings is 2. The van der Waals surface area contributed by atoms with Gasteiger partial charge < -0.3 is 4.42 Å². The van der Waals surface area contributed by atoms with E-state index in [2.05, 4.69) is 0 Å².